The fraction of sp³-hybridized carbons (Fsp3) is 0.429. The molecular weight excluding hydrogens is 811 g/mol. The monoisotopic (exact) mass is 870 g/mol. The van der Waals surface area contributed by atoms with Gasteiger partial charge < -0.3 is 29.2 Å². The molecule has 64 heavy (non-hydrogen) atoms. The number of hydrogen-bond acceptors (Lipinski definition) is 11. The number of carbonyl (C=O) groups is 2. The van der Waals surface area contributed by atoms with Crippen molar-refractivity contribution >= 4 is 28.3 Å². The lowest BCUT2D eigenvalue weighted by Gasteiger charge is -2.32. The molecule has 6 aromatic rings. The Balaban J connectivity index is 0.684. The number of carbonyl (C=O) groups excluding carboxylic acids is 2. The number of morpholine rings is 1. The number of methoxy groups -OCH3 is 2. The Kier molecular flexibility index (Phi) is 14.8. The molecule has 0 unspecified atom stereocenters. The highest BCUT2D eigenvalue weighted by Gasteiger charge is 2.35. The molecule has 8 rings (SSSR count). The first-order chi connectivity index (χ1) is 31.4. The maximum Gasteiger partial charge on any atom is 0.261 e. The van der Waals surface area contributed by atoms with E-state index in [9.17, 15) is 9.59 Å². The van der Waals surface area contributed by atoms with Crippen LogP contribution in [0.3, 0.4) is 0 Å². The van der Waals surface area contributed by atoms with Gasteiger partial charge in [-0.25, -0.2) is 0 Å². The van der Waals surface area contributed by atoms with E-state index in [2.05, 4.69) is 37.9 Å². The van der Waals surface area contributed by atoms with Gasteiger partial charge >= 0.3 is 0 Å². The number of amides is 2. The molecule has 2 aromatic heterocycles. The first-order valence-corrected chi connectivity index (χ1v) is 22.6. The van der Waals surface area contributed by atoms with Gasteiger partial charge in [-0.1, -0.05) is 61.6 Å². The second-order valence-electron chi connectivity index (χ2n) is 16.6. The van der Waals surface area contributed by atoms with E-state index in [4.69, 9.17) is 18.9 Å². The largest absolute Gasteiger partial charge is 0.497 e. The zero-order valence-electron chi connectivity index (χ0n) is 37.3. The van der Waals surface area contributed by atoms with Crippen molar-refractivity contribution in [3.63, 3.8) is 0 Å². The van der Waals surface area contributed by atoms with Crippen molar-refractivity contribution in [3.05, 3.63) is 119 Å². The third-order valence-electron chi connectivity index (χ3n) is 12.1. The predicted molar refractivity (Wildman–Crippen MR) is 242 cm³/mol. The van der Waals surface area contributed by atoms with Gasteiger partial charge in [-0.3, -0.25) is 19.2 Å². The summed E-state index contributed by atoms with van der Waals surface area (Å²) < 4.78 is 27.9. The van der Waals surface area contributed by atoms with Gasteiger partial charge in [0.2, 0.25) is 0 Å². The van der Waals surface area contributed by atoms with Gasteiger partial charge in [0.25, 0.3) is 11.8 Å². The maximum atomic E-state index is 13.8. The molecule has 1 N–H and O–H groups in total. The summed E-state index contributed by atoms with van der Waals surface area (Å²) in [5.41, 5.74) is 6.06. The number of aromatic nitrogens is 6. The van der Waals surface area contributed by atoms with Crippen molar-refractivity contribution in [2.75, 3.05) is 45.4 Å². The average molecular weight is 871 g/mol. The lowest BCUT2D eigenvalue weighted by Crippen LogP contribution is -2.40. The molecule has 0 atom stereocenters. The molecule has 0 aliphatic carbocycles. The Morgan fingerprint density at radius 1 is 0.766 bits per heavy atom. The van der Waals surface area contributed by atoms with Gasteiger partial charge in [-0.15, -0.1) is 14.5 Å². The minimum Gasteiger partial charge on any atom is -0.497 e. The number of ether oxygens (including phenoxy) is 4. The average Bonchev–Trinajstić information content (AvgIpc) is 3.94. The number of rotatable bonds is 23. The lowest BCUT2D eigenvalue weighted by atomic mass is 9.92. The smallest absolute Gasteiger partial charge is 0.261 e. The Hall–Kier alpha value is -6.32. The summed E-state index contributed by atoms with van der Waals surface area (Å²) in [7, 11) is 5.18. The zero-order chi connectivity index (χ0) is 44.3. The Morgan fingerprint density at radius 2 is 1.45 bits per heavy atom. The normalized spacial score (nSPS) is 13.9. The topological polar surface area (TPSA) is 142 Å². The van der Waals surface area contributed by atoms with E-state index in [1.54, 1.807) is 18.9 Å². The third kappa shape index (κ3) is 10.9. The predicted octanol–water partition coefficient (Wildman–Crippen LogP) is 6.79. The first kappa shape index (κ1) is 44.3. The molecule has 0 bridgehead atoms. The van der Waals surface area contributed by atoms with Crippen molar-refractivity contribution in [3.8, 4) is 17.2 Å². The summed E-state index contributed by atoms with van der Waals surface area (Å²) >= 11 is 0. The van der Waals surface area contributed by atoms with E-state index in [-0.39, 0.29) is 18.4 Å². The number of imide groups is 1. The number of anilines is 1. The maximum absolute atomic E-state index is 13.8. The second kappa shape index (κ2) is 21.4. The van der Waals surface area contributed by atoms with Gasteiger partial charge in [0, 0.05) is 66.4 Å². The molecule has 2 aliphatic rings. The van der Waals surface area contributed by atoms with Gasteiger partial charge in [0.1, 0.15) is 43.1 Å². The molecule has 2 amide bonds. The highest BCUT2D eigenvalue weighted by molar-refractivity contribution is 6.26. The number of aryl methyl sites for hydroxylation is 3. The van der Waals surface area contributed by atoms with Crippen LogP contribution in [0.25, 0.3) is 10.8 Å². The minimum atomic E-state index is -0.267. The van der Waals surface area contributed by atoms with Crippen molar-refractivity contribution < 1.29 is 33.2 Å². The summed E-state index contributed by atoms with van der Waals surface area (Å²) in [5.74, 6) is 1.82. The number of nitrogens with zero attached hydrogens (tertiary/aromatic N) is 8. The molecule has 15 heteroatoms. The van der Waals surface area contributed by atoms with Crippen LogP contribution in [0.5, 0.6) is 17.2 Å². The highest BCUT2D eigenvalue weighted by Crippen LogP contribution is 2.37. The van der Waals surface area contributed by atoms with Crippen LogP contribution in [0.15, 0.2) is 85.2 Å². The molecule has 336 valence electrons. The molecule has 0 spiro atoms. The lowest BCUT2D eigenvalue weighted by molar-refractivity contribution is -0.755. The molecule has 4 heterocycles. The van der Waals surface area contributed by atoms with Crippen molar-refractivity contribution in [2.24, 2.45) is 7.05 Å². The van der Waals surface area contributed by atoms with Gasteiger partial charge in [0.15, 0.2) is 11.9 Å². The molecule has 4 aromatic carbocycles. The first-order valence-electron chi connectivity index (χ1n) is 22.6. The van der Waals surface area contributed by atoms with Crippen LogP contribution in [0.2, 0.25) is 0 Å². The number of unbranched alkanes of at least 4 members (excludes halogenated alkanes) is 7. The SMILES string of the molecule is COc1cc(CNCc2ccc(OCc3cn(CCCCCCCCCC[n+]4cc(CN5C(=O)c6cccc7c(N8CCOCC8)ccc(c67)C5=O)n(C)n4)nn3)cc2)cc(OC)c1. The Morgan fingerprint density at radius 3 is 2.19 bits per heavy atom. The molecule has 2 aliphatic heterocycles. The summed E-state index contributed by atoms with van der Waals surface area (Å²) in [6.07, 6.45) is 13.1. The number of nitrogens with one attached hydrogen (secondary N) is 1. The quantitative estimate of drug-likeness (QED) is 0.0413. The molecule has 0 radical (unpaired) electrons. The second-order valence-corrected chi connectivity index (χ2v) is 16.6. The zero-order valence-corrected chi connectivity index (χ0v) is 37.3. The minimum absolute atomic E-state index is 0.168. The van der Waals surface area contributed by atoms with Crippen LogP contribution in [-0.2, 0) is 51.1 Å². The van der Waals surface area contributed by atoms with Gasteiger partial charge in [0.05, 0.1) is 45.4 Å². The van der Waals surface area contributed by atoms with E-state index < -0.39 is 0 Å². The third-order valence-corrected chi connectivity index (χ3v) is 12.1. The van der Waals surface area contributed by atoms with Gasteiger partial charge in [-0.05, 0) is 72.9 Å². The molecular formula is C49H60N9O6+. The van der Waals surface area contributed by atoms with Crippen LogP contribution in [-0.4, -0.2) is 82.1 Å². The molecule has 15 nitrogen and oxygen atoms in total. The van der Waals surface area contributed by atoms with Crippen LogP contribution < -0.4 is 29.1 Å². The Labute approximate surface area is 374 Å². The van der Waals surface area contributed by atoms with Crippen LogP contribution >= 0.6 is 0 Å². The summed E-state index contributed by atoms with van der Waals surface area (Å²) in [6, 6.07) is 23.6. The van der Waals surface area contributed by atoms with Crippen molar-refractivity contribution in [2.45, 2.75) is 90.7 Å². The summed E-state index contributed by atoms with van der Waals surface area (Å²) in [4.78, 5) is 31.2. The summed E-state index contributed by atoms with van der Waals surface area (Å²) in [6.45, 7) is 6.49. The summed E-state index contributed by atoms with van der Waals surface area (Å²) in [5, 5.41) is 18.4. The van der Waals surface area contributed by atoms with Crippen LogP contribution in [0.1, 0.15) is 94.6 Å². The molecule has 0 saturated carbocycles. The van der Waals surface area contributed by atoms with E-state index >= 15 is 0 Å². The Bertz CT molecular complexity index is 2470. The van der Waals surface area contributed by atoms with Crippen LogP contribution in [0.4, 0.5) is 5.69 Å². The van der Waals surface area contributed by atoms with E-state index in [1.165, 1.54) is 30.6 Å². The molecule has 1 saturated heterocycles. The van der Waals surface area contributed by atoms with E-state index in [0.717, 1.165) is 115 Å². The van der Waals surface area contributed by atoms with Gasteiger partial charge in [-0.2, -0.15) is 0 Å². The van der Waals surface area contributed by atoms with Crippen molar-refractivity contribution in [1.82, 2.24) is 35.1 Å². The highest BCUT2D eigenvalue weighted by atomic mass is 16.5. The molecule has 1 fully saturated rings. The fourth-order valence-electron chi connectivity index (χ4n) is 8.58. The number of hydrogen-bond donors (Lipinski definition) is 1. The van der Waals surface area contributed by atoms with Crippen LogP contribution in [0, 0.1) is 0 Å². The van der Waals surface area contributed by atoms with E-state index in [1.807, 2.05) is 89.5 Å². The van der Waals surface area contributed by atoms with Crippen molar-refractivity contribution in [1.29, 1.82) is 0 Å². The number of benzene rings is 4. The fourth-order valence-corrected chi connectivity index (χ4v) is 8.58. The standard InChI is InChI=1S/C49H60N9O6/c1-54-39(34-58-48(59)44-14-12-13-43-46(55-23-25-63-26-24-55)20-19-45(47(43)44)49(58)60)33-57(53-54)22-11-9-7-5-4-6-8-10-21-56-32-38(51-52-56)35-64-40-17-15-36(16-18-40)30-50-31-37-27-41(61-2)29-42(28-37)62-3/h12-20,27-29,32-33,50H,4-11,21-26,30-31,34-35H2,1-3H3/q+1. The van der Waals surface area contributed by atoms with E-state index in [0.29, 0.717) is 37.5 Å².